The van der Waals surface area contributed by atoms with Crippen LogP contribution in [0.4, 0.5) is 4.39 Å². The number of halogens is 1. The summed E-state index contributed by atoms with van der Waals surface area (Å²) in [4.78, 5) is 23.5. The van der Waals surface area contributed by atoms with Gasteiger partial charge in [-0.2, -0.15) is 0 Å². The molecule has 0 unspecified atom stereocenters. The van der Waals surface area contributed by atoms with Gasteiger partial charge in [-0.1, -0.05) is 12.8 Å². The molecule has 0 heterocycles. The molecule has 1 aromatic rings. The van der Waals surface area contributed by atoms with Crippen molar-refractivity contribution in [1.29, 1.82) is 0 Å². The van der Waals surface area contributed by atoms with Crippen LogP contribution in [0.5, 0.6) is 11.5 Å². The van der Waals surface area contributed by atoms with Gasteiger partial charge in [0, 0.05) is 6.07 Å². The molecule has 0 spiro atoms. The van der Waals surface area contributed by atoms with Crippen LogP contribution >= 0.6 is 0 Å². The molecular weight excluding hydrogens is 305 g/mol. The van der Waals surface area contributed by atoms with Crippen molar-refractivity contribution in [2.75, 3.05) is 14.2 Å². The van der Waals surface area contributed by atoms with E-state index in [4.69, 9.17) is 14.6 Å². The summed E-state index contributed by atoms with van der Waals surface area (Å²) in [5.41, 5.74) is -1.01. The molecule has 1 aliphatic rings. The van der Waals surface area contributed by atoms with E-state index in [0.717, 1.165) is 18.9 Å². The van der Waals surface area contributed by atoms with Crippen molar-refractivity contribution in [2.24, 2.45) is 0 Å². The summed E-state index contributed by atoms with van der Waals surface area (Å²) < 4.78 is 24.2. The van der Waals surface area contributed by atoms with Gasteiger partial charge in [-0.3, -0.25) is 9.59 Å². The molecule has 2 N–H and O–H groups in total. The number of methoxy groups -OCH3 is 2. The molecule has 126 valence electrons. The summed E-state index contributed by atoms with van der Waals surface area (Å²) in [7, 11) is 2.76. The van der Waals surface area contributed by atoms with Crippen molar-refractivity contribution in [1.82, 2.24) is 5.32 Å². The number of hydrogen-bond acceptors (Lipinski definition) is 4. The normalized spacial score (nSPS) is 16.0. The lowest BCUT2D eigenvalue weighted by atomic mass is 9.92. The highest BCUT2D eigenvalue weighted by atomic mass is 19.1. The van der Waals surface area contributed by atoms with Crippen LogP contribution in [-0.2, 0) is 4.79 Å². The number of nitrogens with one attached hydrogen (secondary N) is 1. The summed E-state index contributed by atoms with van der Waals surface area (Å²) in [5.74, 6) is -1.96. The van der Waals surface area contributed by atoms with Crippen molar-refractivity contribution < 1.29 is 28.6 Å². The van der Waals surface area contributed by atoms with Gasteiger partial charge in [0.25, 0.3) is 5.91 Å². The van der Waals surface area contributed by atoms with E-state index in [9.17, 15) is 14.0 Å². The van der Waals surface area contributed by atoms with Crippen molar-refractivity contribution in [3.8, 4) is 11.5 Å². The molecule has 1 amide bonds. The van der Waals surface area contributed by atoms with E-state index < -0.39 is 23.2 Å². The van der Waals surface area contributed by atoms with Gasteiger partial charge in [0.2, 0.25) is 0 Å². The number of carboxylic acid groups (broad SMARTS) is 1. The van der Waals surface area contributed by atoms with E-state index in [1.807, 2.05) is 0 Å². The minimum atomic E-state index is -0.986. The summed E-state index contributed by atoms with van der Waals surface area (Å²) in [6.45, 7) is 0. The fraction of sp³-hybridized carbons (Fsp3) is 0.500. The molecule has 7 heteroatoms. The minimum Gasteiger partial charge on any atom is -0.493 e. The van der Waals surface area contributed by atoms with Gasteiger partial charge in [0.1, 0.15) is 5.82 Å². The van der Waals surface area contributed by atoms with Crippen LogP contribution in [0.15, 0.2) is 12.1 Å². The summed E-state index contributed by atoms with van der Waals surface area (Å²) >= 11 is 0. The van der Waals surface area contributed by atoms with Gasteiger partial charge in [0.15, 0.2) is 11.5 Å². The average molecular weight is 325 g/mol. The van der Waals surface area contributed by atoms with Crippen LogP contribution in [0.3, 0.4) is 0 Å². The Balaban J connectivity index is 2.27. The van der Waals surface area contributed by atoms with E-state index in [1.54, 1.807) is 0 Å². The molecule has 0 radical (unpaired) electrons. The quantitative estimate of drug-likeness (QED) is 0.839. The zero-order chi connectivity index (χ0) is 17.0. The van der Waals surface area contributed by atoms with E-state index >= 15 is 0 Å². The van der Waals surface area contributed by atoms with Gasteiger partial charge in [0.05, 0.1) is 31.7 Å². The third-order valence-electron chi connectivity index (χ3n) is 4.15. The van der Waals surface area contributed by atoms with Gasteiger partial charge >= 0.3 is 5.97 Å². The molecule has 0 aliphatic heterocycles. The fourth-order valence-electron chi connectivity index (χ4n) is 3.02. The van der Waals surface area contributed by atoms with Gasteiger partial charge in [-0.15, -0.1) is 0 Å². The second-order valence-electron chi connectivity index (χ2n) is 5.70. The van der Waals surface area contributed by atoms with E-state index in [1.165, 1.54) is 20.3 Å². The lowest BCUT2D eigenvalue weighted by Gasteiger charge is -2.28. The molecule has 0 saturated heterocycles. The molecule has 0 aromatic heterocycles. The number of amides is 1. The van der Waals surface area contributed by atoms with Crippen LogP contribution in [0.25, 0.3) is 0 Å². The van der Waals surface area contributed by atoms with Crippen molar-refractivity contribution in [3.63, 3.8) is 0 Å². The number of carboxylic acids is 1. The fourth-order valence-corrected chi connectivity index (χ4v) is 3.02. The molecule has 1 aromatic carbocycles. The Morgan fingerprint density at radius 2 is 1.78 bits per heavy atom. The van der Waals surface area contributed by atoms with Gasteiger partial charge < -0.3 is 19.9 Å². The Bertz CT molecular complexity index is 611. The van der Waals surface area contributed by atoms with Crippen LogP contribution in [0.2, 0.25) is 0 Å². The third kappa shape index (κ3) is 3.72. The molecule has 1 aliphatic carbocycles. The zero-order valence-corrected chi connectivity index (χ0v) is 13.1. The second-order valence-corrected chi connectivity index (χ2v) is 5.70. The predicted octanol–water partition coefficient (Wildman–Crippen LogP) is 2.36. The maximum atomic E-state index is 14.2. The molecular formula is C16H20FNO5. The first-order chi connectivity index (χ1) is 10.9. The highest BCUT2D eigenvalue weighted by Crippen LogP contribution is 2.34. The van der Waals surface area contributed by atoms with Crippen molar-refractivity contribution in [2.45, 2.75) is 37.6 Å². The number of aliphatic carboxylic acids is 1. The Labute approximate surface area is 133 Å². The third-order valence-corrected chi connectivity index (χ3v) is 4.15. The van der Waals surface area contributed by atoms with Crippen molar-refractivity contribution in [3.05, 3.63) is 23.5 Å². The van der Waals surface area contributed by atoms with E-state index in [0.29, 0.717) is 12.8 Å². The first-order valence-corrected chi connectivity index (χ1v) is 7.36. The summed E-state index contributed by atoms with van der Waals surface area (Å²) in [5, 5.41) is 11.8. The zero-order valence-electron chi connectivity index (χ0n) is 13.1. The lowest BCUT2D eigenvalue weighted by Crippen LogP contribution is -2.48. The van der Waals surface area contributed by atoms with Crippen LogP contribution in [0.1, 0.15) is 42.5 Å². The summed E-state index contributed by atoms with van der Waals surface area (Å²) in [6, 6.07) is 2.33. The standard InChI is InChI=1S/C16H20FNO5/c1-22-12-7-10(11(17)8-13(12)23-2)15(21)18-16(9-14(19)20)5-3-4-6-16/h7-8H,3-6,9H2,1-2H3,(H,18,21)(H,19,20). The lowest BCUT2D eigenvalue weighted by molar-refractivity contribution is -0.138. The Morgan fingerprint density at radius 3 is 2.30 bits per heavy atom. The maximum absolute atomic E-state index is 14.2. The average Bonchev–Trinajstić information content (AvgIpc) is 2.93. The van der Waals surface area contributed by atoms with E-state index in [2.05, 4.69) is 5.32 Å². The molecule has 1 saturated carbocycles. The maximum Gasteiger partial charge on any atom is 0.305 e. The first kappa shape index (κ1) is 17.1. The molecule has 0 bridgehead atoms. The van der Waals surface area contributed by atoms with Crippen LogP contribution in [0, 0.1) is 5.82 Å². The van der Waals surface area contributed by atoms with Crippen molar-refractivity contribution >= 4 is 11.9 Å². The number of carbonyl (C=O) groups is 2. The topological polar surface area (TPSA) is 84.9 Å². The van der Waals surface area contributed by atoms with Gasteiger partial charge in [-0.25, -0.2) is 4.39 Å². The largest absolute Gasteiger partial charge is 0.493 e. The van der Waals surface area contributed by atoms with E-state index in [-0.39, 0.29) is 23.5 Å². The minimum absolute atomic E-state index is 0.173. The Morgan fingerprint density at radius 1 is 1.22 bits per heavy atom. The number of ether oxygens (including phenoxy) is 2. The van der Waals surface area contributed by atoms with Crippen LogP contribution in [-0.4, -0.2) is 36.7 Å². The number of benzene rings is 1. The van der Waals surface area contributed by atoms with Gasteiger partial charge in [-0.05, 0) is 18.9 Å². The molecule has 23 heavy (non-hydrogen) atoms. The number of hydrogen-bond donors (Lipinski definition) is 2. The monoisotopic (exact) mass is 325 g/mol. The number of rotatable bonds is 6. The second kappa shape index (κ2) is 6.85. The number of carbonyl (C=O) groups excluding carboxylic acids is 1. The predicted molar refractivity (Wildman–Crippen MR) is 80.4 cm³/mol. The Hall–Kier alpha value is -2.31. The summed E-state index contributed by atoms with van der Waals surface area (Å²) in [6.07, 6.45) is 2.64. The smallest absolute Gasteiger partial charge is 0.305 e. The molecule has 0 atom stereocenters. The molecule has 6 nitrogen and oxygen atoms in total. The SMILES string of the molecule is COc1cc(F)c(C(=O)NC2(CC(=O)O)CCCC2)cc1OC. The highest BCUT2D eigenvalue weighted by Gasteiger charge is 2.38. The Kier molecular flexibility index (Phi) is 5.08. The van der Waals surface area contributed by atoms with Crippen LogP contribution < -0.4 is 14.8 Å². The highest BCUT2D eigenvalue weighted by molar-refractivity contribution is 5.96. The molecule has 1 fully saturated rings. The molecule has 2 rings (SSSR count). The first-order valence-electron chi connectivity index (χ1n) is 7.36.